The van der Waals surface area contributed by atoms with Crippen molar-refractivity contribution in [2.45, 2.75) is 51.4 Å². The minimum Gasteiger partial charge on any atom is -0.299 e. The van der Waals surface area contributed by atoms with Crippen LogP contribution in [0.3, 0.4) is 0 Å². The van der Waals surface area contributed by atoms with Crippen molar-refractivity contribution in [3.05, 3.63) is 12.2 Å². The van der Waals surface area contributed by atoms with E-state index in [1.165, 1.54) is 12.8 Å². The minimum absolute atomic E-state index is 0.358. The Balaban J connectivity index is 2.18. The summed E-state index contributed by atoms with van der Waals surface area (Å²) >= 11 is 5.53. The Morgan fingerprint density at radius 3 is 2.93 bits per heavy atom. The molecule has 1 nitrogen and oxygen atoms in total. The molecule has 1 fully saturated rings. The predicted octanol–water partition coefficient (Wildman–Crippen LogP) is 4.10. The van der Waals surface area contributed by atoms with Gasteiger partial charge in [0, 0.05) is 18.2 Å². The summed E-state index contributed by atoms with van der Waals surface area (Å²) in [7, 11) is 0. The van der Waals surface area contributed by atoms with Crippen molar-refractivity contribution in [2.75, 3.05) is 5.88 Å². The average molecular weight is 229 g/mol. The smallest absolute Gasteiger partial charge is 0.135 e. The molecule has 0 aromatic rings. The molecule has 0 saturated heterocycles. The summed E-state index contributed by atoms with van der Waals surface area (Å²) in [5.74, 6) is 1.47. The molecule has 0 bridgehead atoms. The van der Waals surface area contributed by atoms with Crippen molar-refractivity contribution in [3.63, 3.8) is 0 Å². The monoisotopic (exact) mass is 228 g/mol. The van der Waals surface area contributed by atoms with Crippen LogP contribution in [-0.4, -0.2) is 11.7 Å². The zero-order valence-electron chi connectivity index (χ0n) is 9.38. The van der Waals surface area contributed by atoms with Gasteiger partial charge < -0.3 is 0 Å². The molecule has 0 aliphatic heterocycles. The Morgan fingerprint density at radius 2 is 2.13 bits per heavy atom. The van der Waals surface area contributed by atoms with Crippen LogP contribution in [0.4, 0.5) is 0 Å². The summed E-state index contributed by atoms with van der Waals surface area (Å²) in [6.45, 7) is 0. The lowest BCUT2D eigenvalue weighted by Crippen LogP contribution is -2.12. The summed E-state index contributed by atoms with van der Waals surface area (Å²) < 4.78 is 0. The number of carbonyl (C=O) groups excluding carboxylic acids is 1. The maximum atomic E-state index is 11.7. The van der Waals surface area contributed by atoms with Gasteiger partial charge in [-0.2, -0.15) is 0 Å². The number of carbonyl (C=O) groups is 1. The molecule has 0 heterocycles. The van der Waals surface area contributed by atoms with Crippen LogP contribution in [0.25, 0.3) is 0 Å². The second-order valence-corrected chi connectivity index (χ2v) is 4.63. The van der Waals surface area contributed by atoms with Gasteiger partial charge >= 0.3 is 0 Å². The molecule has 1 aliphatic carbocycles. The quantitative estimate of drug-likeness (QED) is 0.300. The molecule has 1 saturated carbocycles. The molecule has 1 unspecified atom stereocenters. The minimum atomic E-state index is 0.358. The summed E-state index contributed by atoms with van der Waals surface area (Å²) in [4.78, 5) is 11.7. The number of rotatable bonds is 5. The molecular formula is C13H21ClO. The van der Waals surface area contributed by atoms with E-state index in [9.17, 15) is 4.79 Å². The fourth-order valence-electron chi connectivity index (χ4n) is 2.20. The number of hydrogen-bond acceptors (Lipinski definition) is 1. The van der Waals surface area contributed by atoms with Gasteiger partial charge in [-0.25, -0.2) is 0 Å². The third kappa shape index (κ3) is 5.36. The van der Waals surface area contributed by atoms with Gasteiger partial charge in [0.05, 0.1) is 0 Å². The zero-order valence-corrected chi connectivity index (χ0v) is 10.1. The number of ketones is 1. The Morgan fingerprint density at radius 1 is 1.27 bits per heavy atom. The lowest BCUT2D eigenvalue weighted by Gasteiger charge is -2.11. The van der Waals surface area contributed by atoms with E-state index in [2.05, 4.69) is 6.08 Å². The fraction of sp³-hybridized carbons (Fsp3) is 0.769. The Hall–Kier alpha value is -0.300. The summed E-state index contributed by atoms with van der Waals surface area (Å²) in [6.07, 6.45) is 12.9. The summed E-state index contributed by atoms with van der Waals surface area (Å²) in [6, 6.07) is 0. The first kappa shape index (κ1) is 12.8. The number of hydrogen-bond donors (Lipinski definition) is 0. The van der Waals surface area contributed by atoms with E-state index < -0.39 is 0 Å². The lowest BCUT2D eigenvalue weighted by molar-refractivity contribution is -0.122. The zero-order chi connectivity index (χ0) is 10.9. The second-order valence-electron chi connectivity index (χ2n) is 4.32. The van der Waals surface area contributed by atoms with Crippen LogP contribution in [0, 0.1) is 5.92 Å². The van der Waals surface area contributed by atoms with E-state index in [-0.39, 0.29) is 0 Å². The molecule has 0 radical (unpaired) electrons. The van der Waals surface area contributed by atoms with Crippen LogP contribution in [0.5, 0.6) is 0 Å². The molecule has 0 amide bonds. The Kier molecular flexibility index (Phi) is 6.74. The number of halogens is 1. The van der Waals surface area contributed by atoms with Crippen molar-refractivity contribution in [1.82, 2.24) is 0 Å². The van der Waals surface area contributed by atoms with Crippen LogP contribution >= 0.6 is 11.6 Å². The maximum Gasteiger partial charge on any atom is 0.135 e. The number of alkyl halides is 1. The van der Waals surface area contributed by atoms with Crippen LogP contribution in [0.1, 0.15) is 51.4 Å². The maximum absolute atomic E-state index is 11.7. The molecule has 0 aromatic carbocycles. The van der Waals surface area contributed by atoms with Gasteiger partial charge in [0.25, 0.3) is 0 Å². The van der Waals surface area contributed by atoms with Gasteiger partial charge in [-0.3, -0.25) is 4.79 Å². The van der Waals surface area contributed by atoms with Gasteiger partial charge in [-0.05, 0) is 32.1 Å². The van der Waals surface area contributed by atoms with E-state index >= 15 is 0 Å². The molecule has 0 spiro atoms. The van der Waals surface area contributed by atoms with Crippen LogP contribution < -0.4 is 0 Å². The fourth-order valence-corrected chi connectivity index (χ4v) is 2.33. The number of unbranched alkanes of at least 4 members (excludes halogenated alkanes) is 1. The molecule has 1 rings (SSSR count). The molecule has 0 aromatic heterocycles. The highest BCUT2D eigenvalue weighted by atomic mass is 35.5. The second kappa shape index (κ2) is 7.92. The molecule has 1 aliphatic rings. The average Bonchev–Trinajstić information content (AvgIpc) is 2.44. The van der Waals surface area contributed by atoms with Crippen molar-refractivity contribution < 1.29 is 4.79 Å². The van der Waals surface area contributed by atoms with E-state index in [0.29, 0.717) is 17.6 Å². The Labute approximate surface area is 97.9 Å². The van der Waals surface area contributed by atoms with Gasteiger partial charge in [0.15, 0.2) is 0 Å². The molecule has 1 atom stereocenters. The topological polar surface area (TPSA) is 17.1 Å². The number of Topliss-reactive ketones (excluding diaryl/α,β-unsaturated/α-hetero) is 1. The SMILES string of the molecule is O=C1CCCCCC1CCC/C=C/CCl. The van der Waals surface area contributed by atoms with E-state index in [1.54, 1.807) is 0 Å². The van der Waals surface area contributed by atoms with Crippen molar-refractivity contribution >= 4 is 17.4 Å². The molecular weight excluding hydrogens is 208 g/mol. The summed E-state index contributed by atoms with van der Waals surface area (Å²) in [5.41, 5.74) is 0. The first-order valence-electron chi connectivity index (χ1n) is 6.08. The molecule has 0 N–H and O–H groups in total. The first-order valence-corrected chi connectivity index (χ1v) is 6.61. The van der Waals surface area contributed by atoms with Gasteiger partial charge in [-0.1, -0.05) is 25.0 Å². The van der Waals surface area contributed by atoms with Crippen LogP contribution in [0.2, 0.25) is 0 Å². The van der Waals surface area contributed by atoms with Crippen LogP contribution in [-0.2, 0) is 4.79 Å². The Bertz CT molecular complexity index is 211. The van der Waals surface area contributed by atoms with Crippen molar-refractivity contribution in [2.24, 2.45) is 5.92 Å². The van der Waals surface area contributed by atoms with Gasteiger partial charge in [0.1, 0.15) is 5.78 Å². The van der Waals surface area contributed by atoms with Crippen LogP contribution in [0.15, 0.2) is 12.2 Å². The van der Waals surface area contributed by atoms with E-state index in [4.69, 9.17) is 11.6 Å². The van der Waals surface area contributed by atoms with Gasteiger partial charge in [-0.15, -0.1) is 11.6 Å². The predicted molar refractivity (Wildman–Crippen MR) is 65.3 cm³/mol. The van der Waals surface area contributed by atoms with E-state index in [0.717, 1.165) is 38.5 Å². The third-order valence-corrected chi connectivity index (χ3v) is 3.29. The molecule has 15 heavy (non-hydrogen) atoms. The first-order chi connectivity index (χ1) is 7.34. The normalized spacial score (nSPS) is 23.3. The van der Waals surface area contributed by atoms with Gasteiger partial charge in [0.2, 0.25) is 0 Å². The third-order valence-electron chi connectivity index (χ3n) is 3.11. The summed E-state index contributed by atoms with van der Waals surface area (Å²) in [5, 5.41) is 0. The highest BCUT2D eigenvalue weighted by Gasteiger charge is 2.19. The highest BCUT2D eigenvalue weighted by Crippen LogP contribution is 2.24. The van der Waals surface area contributed by atoms with Crippen molar-refractivity contribution in [3.8, 4) is 0 Å². The highest BCUT2D eigenvalue weighted by molar-refractivity contribution is 6.18. The van der Waals surface area contributed by atoms with E-state index in [1.807, 2.05) is 6.08 Å². The van der Waals surface area contributed by atoms with Crippen molar-refractivity contribution in [1.29, 1.82) is 0 Å². The molecule has 86 valence electrons. The standard InChI is InChI=1S/C13H21ClO/c14-11-7-2-1-4-8-12-9-5-3-6-10-13(12)15/h2,7,12H,1,3-6,8-11H2/b7-2+. The lowest BCUT2D eigenvalue weighted by atomic mass is 9.93. The molecule has 2 heteroatoms. The number of allylic oxidation sites excluding steroid dienone is 2. The largest absolute Gasteiger partial charge is 0.299 e.